The van der Waals surface area contributed by atoms with Crippen LogP contribution in [0, 0.1) is 5.82 Å². The Morgan fingerprint density at radius 1 is 1.33 bits per heavy atom. The smallest absolute Gasteiger partial charge is 0.124 e. The van der Waals surface area contributed by atoms with Crippen molar-refractivity contribution >= 4 is 27.5 Å². The number of hydrogen-bond donors (Lipinski definition) is 1. The summed E-state index contributed by atoms with van der Waals surface area (Å²) in [6, 6.07) is 5.93. The Hall–Kier alpha value is -0.970. The minimum absolute atomic E-state index is 0.317. The Morgan fingerprint density at radius 2 is 2.11 bits per heavy atom. The van der Waals surface area contributed by atoms with Crippen molar-refractivity contribution in [2.45, 2.75) is 12.5 Å². The number of halogens is 3. The monoisotopic (exact) mass is 329 g/mol. The molecule has 0 radical (unpaired) electrons. The van der Waals surface area contributed by atoms with Gasteiger partial charge in [0, 0.05) is 33.9 Å². The SMILES string of the molecule is OC(Cc1ccc(F)cc1Cl)c1cncc(Br)c1. The van der Waals surface area contributed by atoms with Crippen LogP contribution in [0.2, 0.25) is 5.02 Å². The van der Waals surface area contributed by atoms with Crippen molar-refractivity contribution in [2.75, 3.05) is 0 Å². The molecule has 0 bridgehead atoms. The number of aliphatic hydroxyl groups is 1. The summed E-state index contributed by atoms with van der Waals surface area (Å²) in [7, 11) is 0. The average molecular weight is 331 g/mol. The van der Waals surface area contributed by atoms with Gasteiger partial charge in [0.25, 0.3) is 0 Å². The lowest BCUT2D eigenvalue weighted by atomic mass is 10.0. The lowest BCUT2D eigenvalue weighted by Gasteiger charge is -2.12. The molecule has 0 aliphatic rings. The van der Waals surface area contributed by atoms with Crippen LogP contribution in [-0.4, -0.2) is 10.1 Å². The maximum absolute atomic E-state index is 12.9. The molecule has 0 aliphatic carbocycles. The van der Waals surface area contributed by atoms with Gasteiger partial charge in [0.15, 0.2) is 0 Å². The molecule has 1 unspecified atom stereocenters. The molecule has 2 aromatic rings. The number of nitrogens with zero attached hydrogens (tertiary/aromatic N) is 1. The molecule has 0 saturated carbocycles. The average Bonchev–Trinajstić information content (AvgIpc) is 2.32. The highest BCUT2D eigenvalue weighted by molar-refractivity contribution is 9.10. The van der Waals surface area contributed by atoms with Crippen molar-refractivity contribution in [2.24, 2.45) is 0 Å². The molecule has 2 nitrogen and oxygen atoms in total. The zero-order chi connectivity index (χ0) is 13.1. The van der Waals surface area contributed by atoms with Crippen molar-refractivity contribution in [1.29, 1.82) is 0 Å². The van der Waals surface area contributed by atoms with Gasteiger partial charge < -0.3 is 5.11 Å². The molecular weight excluding hydrogens is 321 g/mol. The number of pyridine rings is 1. The van der Waals surface area contributed by atoms with Crippen LogP contribution in [0.15, 0.2) is 41.1 Å². The molecule has 0 saturated heterocycles. The van der Waals surface area contributed by atoms with Crippen LogP contribution < -0.4 is 0 Å². The second-order valence-corrected chi connectivity index (χ2v) is 5.22. The topological polar surface area (TPSA) is 33.1 Å². The minimum atomic E-state index is -0.724. The van der Waals surface area contributed by atoms with Crippen molar-refractivity contribution in [3.63, 3.8) is 0 Å². The van der Waals surface area contributed by atoms with Crippen molar-refractivity contribution in [1.82, 2.24) is 4.98 Å². The molecule has 1 N–H and O–H groups in total. The molecule has 18 heavy (non-hydrogen) atoms. The van der Waals surface area contributed by atoms with Crippen LogP contribution in [0.5, 0.6) is 0 Å². The zero-order valence-electron chi connectivity index (χ0n) is 9.28. The van der Waals surface area contributed by atoms with Gasteiger partial charge in [0.1, 0.15) is 5.82 Å². The molecular formula is C13H10BrClFNO. The van der Waals surface area contributed by atoms with Gasteiger partial charge in [-0.2, -0.15) is 0 Å². The minimum Gasteiger partial charge on any atom is -0.388 e. The summed E-state index contributed by atoms with van der Waals surface area (Å²) < 4.78 is 13.7. The number of benzene rings is 1. The second-order valence-electron chi connectivity index (χ2n) is 3.89. The van der Waals surface area contributed by atoms with E-state index in [0.29, 0.717) is 22.6 Å². The third-order valence-corrected chi connectivity index (χ3v) is 3.32. The lowest BCUT2D eigenvalue weighted by molar-refractivity contribution is 0.178. The quantitative estimate of drug-likeness (QED) is 0.925. The number of rotatable bonds is 3. The Kier molecular flexibility index (Phi) is 4.32. The number of hydrogen-bond acceptors (Lipinski definition) is 2. The molecule has 0 amide bonds. The van der Waals surface area contributed by atoms with Gasteiger partial charge >= 0.3 is 0 Å². The Balaban J connectivity index is 2.18. The first-order chi connectivity index (χ1) is 8.56. The highest BCUT2D eigenvalue weighted by atomic mass is 79.9. The third-order valence-electron chi connectivity index (χ3n) is 2.54. The maximum Gasteiger partial charge on any atom is 0.124 e. The summed E-state index contributed by atoms with van der Waals surface area (Å²) in [4.78, 5) is 3.98. The first-order valence-corrected chi connectivity index (χ1v) is 6.46. The first-order valence-electron chi connectivity index (χ1n) is 5.28. The first kappa shape index (κ1) is 13.5. The summed E-state index contributed by atoms with van der Waals surface area (Å²) >= 11 is 9.21. The van der Waals surface area contributed by atoms with E-state index in [1.807, 2.05) is 0 Å². The lowest BCUT2D eigenvalue weighted by Crippen LogP contribution is -2.03. The van der Waals surface area contributed by atoms with Crippen LogP contribution in [0.4, 0.5) is 4.39 Å². The van der Waals surface area contributed by atoms with Crippen molar-refractivity contribution in [3.05, 3.63) is 63.1 Å². The van der Waals surface area contributed by atoms with Crippen LogP contribution in [-0.2, 0) is 6.42 Å². The van der Waals surface area contributed by atoms with Gasteiger partial charge in [-0.05, 0) is 39.7 Å². The van der Waals surface area contributed by atoms with Gasteiger partial charge in [0.05, 0.1) is 6.10 Å². The summed E-state index contributed by atoms with van der Waals surface area (Å²) in [5.41, 5.74) is 1.38. The fourth-order valence-corrected chi connectivity index (χ4v) is 2.25. The van der Waals surface area contributed by atoms with E-state index < -0.39 is 6.10 Å². The molecule has 0 aliphatic heterocycles. The third kappa shape index (κ3) is 3.28. The van der Waals surface area contributed by atoms with Crippen molar-refractivity contribution < 1.29 is 9.50 Å². The van der Waals surface area contributed by atoms with E-state index >= 15 is 0 Å². The van der Waals surface area contributed by atoms with Crippen LogP contribution in [0.1, 0.15) is 17.2 Å². The Bertz CT molecular complexity index is 564. The molecule has 1 heterocycles. The molecule has 5 heteroatoms. The Labute approximate surface area is 118 Å². The van der Waals surface area contributed by atoms with Crippen LogP contribution >= 0.6 is 27.5 Å². The predicted molar refractivity (Wildman–Crippen MR) is 72.0 cm³/mol. The molecule has 1 aromatic carbocycles. The fourth-order valence-electron chi connectivity index (χ4n) is 1.62. The summed E-state index contributed by atoms with van der Waals surface area (Å²) in [6.45, 7) is 0. The van der Waals surface area contributed by atoms with Crippen LogP contribution in [0.25, 0.3) is 0 Å². The molecule has 2 rings (SSSR count). The van der Waals surface area contributed by atoms with Gasteiger partial charge in [-0.3, -0.25) is 4.98 Å². The van der Waals surface area contributed by atoms with Gasteiger partial charge in [-0.15, -0.1) is 0 Å². The van der Waals surface area contributed by atoms with Gasteiger partial charge in [-0.1, -0.05) is 17.7 Å². The second kappa shape index (κ2) is 5.78. The normalized spacial score (nSPS) is 12.4. The molecule has 0 fully saturated rings. The zero-order valence-corrected chi connectivity index (χ0v) is 11.6. The van der Waals surface area contributed by atoms with E-state index in [1.54, 1.807) is 24.5 Å². The maximum atomic E-state index is 12.9. The summed E-state index contributed by atoms with van der Waals surface area (Å²) in [5, 5.41) is 10.4. The highest BCUT2D eigenvalue weighted by Gasteiger charge is 2.12. The van der Waals surface area contributed by atoms with E-state index in [-0.39, 0.29) is 5.82 Å². The number of aliphatic hydroxyl groups excluding tert-OH is 1. The van der Waals surface area contributed by atoms with Gasteiger partial charge in [-0.25, -0.2) is 4.39 Å². The van der Waals surface area contributed by atoms with E-state index in [4.69, 9.17) is 11.6 Å². The summed E-state index contributed by atoms with van der Waals surface area (Å²) in [5.74, 6) is -0.387. The highest BCUT2D eigenvalue weighted by Crippen LogP contribution is 2.25. The number of aromatic nitrogens is 1. The van der Waals surface area contributed by atoms with E-state index in [0.717, 1.165) is 4.47 Å². The fraction of sp³-hybridized carbons (Fsp3) is 0.154. The van der Waals surface area contributed by atoms with Crippen LogP contribution in [0.3, 0.4) is 0 Å². The standard InChI is InChI=1S/C13H10BrClFNO/c14-10-3-9(6-17-7-10)13(18)4-8-1-2-11(16)5-12(8)15/h1-3,5-7,13,18H,4H2. The predicted octanol–water partition coefficient (Wildman–Crippen LogP) is 3.91. The molecule has 94 valence electrons. The summed E-state index contributed by atoms with van der Waals surface area (Å²) in [6.07, 6.45) is 2.82. The van der Waals surface area contributed by atoms with E-state index in [9.17, 15) is 9.50 Å². The van der Waals surface area contributed by atoms with E-state index in [2.05, 4.69) is 20.9 Å². The van der Waals surface area contributed by atoms with Gasteiger partial charge in [0.2, 0.25) is 0 Å². The molecule has 1 aromatic heterocycles. The van der Waals surface area contributed by atoms with Crippen molar-refractivity contribution in [3.8, 4) is 0 Å². The molecule has 1 atom stereocenters. The molecule has 0 spiro atoms. The largest absolute Gasteiger partial charge is 0.388 e. The Morgan fingerprint density at radius 3 is 2.78 bits per heavy atom. The van der Waals surface area contributed by atoms with E-state index in [1.165, 1.54) is 12.1 Å².